The summed E-state index contributed by atoms with van der Waals surface area (Å²) in [6.45, 7) is 6.74. The Kier molecular flexibility index (Phi) is 6.67. The maximum absolute atomic E-state index is 12.7. The molecule has 0 saturated carbocycles. The number of carbonyl (C=O) groups excluding carboxylic acids is 1. The highest BCUT2D eigenvalue weighted by Gasteiger charge is 2.19. The Morgan fingerprint density at radius 2 is 2.04 bits per heavy atom. The second kappa shape index (κ2) is 8.73. The van der Waals surface area contributed by atoms with Gasteiger partial charge >= 0.3 is 0 Å². The minimum atomic E-state index is -0.0994. The van der Waals surface area contributed by atoms with Crippen molar-refractivity contribution in [1.29, 1.82) is 0 Å². The van der Waals surface area contributed by atoms with Crippen LogP contribution in [0.2, 0.25) is 0 Å². The fourth-order valence-corrected chi connectivity index (χ4v) is 3.33. The normalized spacial score (nSPS) is 12.0. The molecule has 1 amide bonds. The fourth-order valence-electron chi connectivity index (χ4n) is 2.53. The summed E-state index contributed by atoms with van der Waals surface area (Å²) in [7, 11) is 1.59. The Labute approximate surface area is 147 Å². The van der Waals surface area contributed by atoms with Gasteiger partial charge in [-0.05, 0) is 48.9 Å². The van der Waals surface area contributed by atoms with Gasteiger partial charge in [-0.3, -0.25) is 4.79 Å². The minimum absolute atomic E-state index is 0.0233. The molecular formula is C19H25NO3S. The quantitative estimate of drug-likeness (QED) is 0.755. The monoisotopic (exact) mass is 347 g/mol. The van der Waals surface area contributed by atoms with Crippen LogP contribution < -0.4 is 14.8 Å². The lowest BCUT2D eigenvalue weighted by molar-refractivity contribution is 0.0932. The number of ether oxygens (including phenoxy) is 2. The van der Waals surface area contributed by atoms with Crippen LogP contribution in [0.5, 0.6) is 11.5 Å². The van der Waals surface area contributed by atoms with E-state index in [9.17, 15) is 4.79 Å². The molecule has 5 heteroatoms. The van der Waals surface area contributed by atoms with E-state index in [0.29, 0.717) is 29.6 Å². The van der Waals surface area contributed by atoms with Gasteiger partial charge in [0.2, 0.25) is 0 Å². The molecule has 4 nitrogen and oxygen atoms in total. The third-order valence-electron chi connectivity index (χ3n) is 3.62. The first-order chi connectivity index (χ1) is 11.5. The van der Waals surface area contributed by atoms with E-state index in [1.165, 1.54) is 4.88 Å². The van der Waals surface area contributed by atoms with Crippen LogP contribution in [0.1, 0.15) is 48.5 Å². The summed E-state index contributed by atoms with van der Waals surface area (Å²) in [6, 6.07) is 9.37. The number of methoxy groups -OCH3 is 1. The maximum atomic E-state index is 12.7. The fraction of sp³-hybridized carbons (Fsp3) is 0.421. The van der Waals surface area contributed by atoms with E-state index in [4.69, 9.17) is 9.47 Å². The van der Waals surface area contributed by atoms with Crippen LogP contribution in [0.25, 0.3) is 0 Å². The topological polar surface area (TPSA) is 47.6 Å². The van der Waals surface area contributed by atoms with Crippen molar-refractivity contribution in [2.24, 2.45) is 5.92 Å². The molecule has 130 valence electrons. The molecule has 0 fully saturated rings. The van der Waals surface area contributed by atoms with Gasteiger partial charge in [-0.25, -0.2) is 0 Å². The summed E-state index contributed by atoms with van der Waals surface area (Å²) in [5.41, 5.74) is 0.574. The number of nitrogens with one attached hydrogen (secondary N) is 1. The summed E-state index contributed by atoms with van der Waals surface area (Å²) < 4.78 is 10.8. The molecule has 0 aliphatic rings. The lowest BCUT2D eigenvalue weighted by Gasteiger charge is -2.20. The summed E-state index contributed by atoms with van der Waals surface area (Å²) in [5.74, 6) is 1.61. The molecule has 0 aliphatic heterocycles. The standard InChI is InChI=1S/C19H25NO3S/c1-5-23-17-12-14(8-9-16(17)22-4)19(21)20-15(11-13(2)3)18-7-6-10-24-18/h6-10,12-13,15H,5,11H2,1-4H3,(H,20,21)/t15-/m0/s1. The second-order valence-corrected chi connectivity index (χ2v) is 6.95. The lowest BCUT2D eigenvalue weighted by atomic mass is 10.0. The second-order valence-electron chi connectivity index (χ2n) is 5.97. The molecule has 1 aromatic carbocycles. The van der Waals surface area contributed by atoms with E-state index in [1.807, 2.05) is 18.4 Å². The number of thiophene rings is 1. The van der Waals surface area contributed by atoms with Gasteiger partial charge in [0.15, 0.2) is 11.5 Å². The van der Waals surface area contributed by atoms with Crippen LogP contribution in [0.4, 0.5) is 0 Å². The van der Waals surface area contributed by atoms with Crippen molar-refractivity contribution in [3.05, 3.63) is 46.2 Å². The van der Waals surface area contributed by atoms with Gasteiger partial charge in [0.25, 0.3) is 5.91 Å². The predicted molar refractivity (Wildman–Crippen MR) is 98.1 cm³/mol. The van der Waals surface area contributed by atoms with E-state index >= 15 is 0 Å². The Hall–Kier alpha value is -2.01. The SMILES string of the molecule is CCOc1cc(C(=O)N[C@@H](CC(C)C)c2cccs2)ccc1OC. The van der Waals surface area contributed by atoms with E-state index in [0.717, 1.165) is 6.42 Å². The number of carbonyl (C=O) groups is 1. The first-order valence-electron chi connectivity index (χ1n) is 8.20. The van der Waals surface area contributed by atoms with E-state index in [1.54, 1.807) is 36.6 Å². The van der Waals surface area contributed by atoms with Crippen molar-refractivity contribution < 1.29 is 14.3 Å². The van der Waals surface area contributed by atoms with Gasteiger partial charge in [0, 0.05) is 10.4 Å². The first-order valence-corrected chi connectivity index (χ1v) is 9.08. The highest BCUT2D eigenvalue weighted by Crippen LogP contribution is 2.29. The minimum Gasteiger partial charge on any atom is -0.493 e. The van der Waals surface area contributed by atoms with Crippen LogP contribution in [0.15, 0.2) is 35.7 Å². The molecule has 0 saturated heterocycles. The molecule has 0 aliphatic carbocycles. The van der Waals surface area contributed by atoms with E-state index in [2.05, 4.69) is 25.2 Å². The number of hydrogen-bond donors (Lipinski definition) is 1. The first kappa shape index (κ1) is 18.3. The van der Waals surface area contributed by atoms with Crippen molar-refractivity contribution in [3.63, 3.8) is 0 Å². The van der Waals surface area contributed by atoms with Crippen LogP contribution in [0.3, 0.4) is 0 Å². The van der Waals surface area contributed by atoms with Gasteiger partial charge in [0.1, 0.15) is 0 Å². The molecule has 1 atom stereocenters. The van der Waals surface area contributed by atoms with Crippen LogP contribution in [0, 0.1) is 5.92 Å². The summed E-state index contributed by atoms with van der Waals surface area (Å²) in [5, 5.41) is 5.19. The number of benzene rings is 1. The van der Waals surface area contributed by atoms with Crippen LogP contribution in [-0.2, 0) is 0 Å². The zero-order chi connectivity index (χ0) is 17.5. The van der Waals surface area contributed by atoms with Crippen LogP contribution >= 0.6 is 11.3 Å². The van der Waals surface area contributed by atoms with Crippen molar-refractivity contribution in [2.45, 2.75) is 33.2 Å². The zero-order valence-electron chi connectivity index (χ0n) is 14.7. The van der Waals surface area contributed by atoms with E-state index in [-0.39, 0.29) is 11.9 Å². The van der Waals surface area contributed by atoms with Crippen LogP contribution in [-0.4, -0.2) is 19.6 Å². The van der Waals surface area contributed by atoms with Crippen molar-refractivity contribution in [2.75, 3.05) is 13.7 Å². The molecule has 2 aromatic rings. The third-order valence-corrected chi connectivity index (χ3v) is 4.61. The van der Waals surface area contributed by atoms with E-state index < -0.39 is 0 Å². The van der Waals surface area contributed by atoms with Gasteiger partial charge in [-0.15, -0.1) is 11.3 Å². The lowest BCUT2D eigenvalue weighted by Crippen LogP contribution is -2.29. The third kappa shape index (κ3) is 4.74. The van der Waals surface area contributed by atoms with Crippen molar-refractivity contribution in [3.8, 4) is 11.5 Å². The number of hydrogen-bond acceptors (Lipinski definition) is 4. The number of amides is 1. The summed E-state index contributed by atoms with van der Waals surface area (Å²) in [4.78, 5) is 13.9. The molecule has 1 N–H and O–H groups in total. The van der Waals surface area contributed by atoms with Gasteiger partial charge in [-0.1, -0.05) is 19.9 Å². The molecule has 0 radical (unpaired) electrons. The molecular weight excluding hydrogens is 322 g/mol. The molecule has 0 spiro atoms. The smallest absolute Gasteiger partial charge is 0.251 e. The molecule has 1 heterocycles. The Balaban J connectivity index is 2.19. The predicted octanol–water partition coefficient (Wildman–Crippen LogP) is 4.67. The molecule has 1 aromatic heterocycles. The molecule has 0 unspecified atom stereocenters. The molecule has 0 bridgehead atoms. The molecule has 24 heavy (non-hydrogen) atoms. The average molecular weight is 347 g/mol. The summed E-state index contributed by atoms with van der Waals surface area (Å²) >= 11 is 1.67. The summed E-state index contributed by atoms with van der Waals surface area (Å²) in [6.07, 6.45) is 0.903. The average Bonchev–Trinajstić information content (AvgIpc) is 3.08. The Morgan fingerprint density at radius 3 is 2.62 bits per heavy atom. The highest BCUT2D eigenvalue weighted by molar-refractivity contribution is 7.10. The highest BCUT2D eigenvalue weighted by atomic mass is 32.1. The maximum Gasteiger partial charge on any atom is 0.251 e. The Bertz CT molecular complexity index is 653. The largest absolute Gasteiger partial charge is 0.493 e. The van der Waals surface area contributed by atoms with Gasteiger partial charge in [-0.2, -0.15) is 0 Å². The van der Waals surface area contributed by atoms with Gasteiger partial charge < -0.3 is 14.8 Å². The van der Waals surface area contributed by atoms with Crippen molar-refractivity contribution in [1.82, 2.24) is 5.32 Å². The van der Waals surface area contributed by atoms with Gasteiger partial charge in [0.05, 0.1) is 19.8 Å². The number of rotatable bonds is 8. The molecule has 2 rings (SSSR count). The van der Waals surface area contributed by atoms with Crippen molar-refractivity contribution >= 4 is 17.2 Å². The Morgan fingerprint density at radius 1 is 1.25 bits per heavy atom. The zero-order valence-corrected chi connectivity index (χ0v) is 15.5.